The highest BCUT2D eigenvalue weighted by Gasteiger charge is 2.18. The Balaban J connectivity index is 2.81. The molecule has 1 atom stereocenters. The number of nitrogen functional groups attached to an aromatic ring is 1. The summed E-state index contributed by atoms with van der Waals surface area (Å²) >= 11 is 5.95. The summed E-state index contributed by atoms with van der Waals surface area (Å²) in [5, 5.41) is 3.17. The largest absolute Gasteiger partial charge is 0.397 e. The molecule has 0 bridgehead atoms. The number of hydrogen-bond acceptors (Lipinski definition) is 4. The van der Waals surface area contributed by atoms with Crippen LogP contribution in [0.1, 0.15) is 30.6 Å². The molecule has 1 heterocycles. The van der Waals surface area contributed by atoms with Gasteiger partial charge in [0.05, 0.1) is 17.4 Å². The van der Waals surface area contributed by atoms with Crippen molar-refractivity contribution in [2.24, 2.45) is 5.92 Å². The number of amides is 1. The molecule has 0 radical (unpaired) electrons. The van der Waals surface area contributed by atoms with E-state index in [2.05, 4.69) is 24.1 Å². The van der Waals surface area contributed by atoms with Crippen molar-refractivity contribution in [3.05, 3.63) is 23.0 Å². The molecule has 6 heteroatoms. The van der Waals surface area contributed by atoms with E-state index in [9.17, 15) is 4.79 Å². The lowest BCUT2D eigenvalue weighted by molar-refractivity contribution is 0.0924. The highest BCUT2D eigenvalue weighted by molar-refractivity contribution is 6.32. The topological polar surface area (TPSA) is 71.2 Å². The number of carbonyl (C=O) groups is 1. The number of aromatic nitrogens is 1. The lowest BCUT2D eigenvalue weighted by atomic mass is 10.0. The summed E-state index contributed by atoms with van der Waals surface area (Å²) in [7, 11) is 3.96. The predicted molar refractivity (Wildman–Crippen MR) is 82.9 cm³/mol. The van der Waals surface area contributed by atoms with Crippen molar-refractivity contribution in [2.75, 3.05) is 26.4 Å². The molecule has 0 aromatic carbocycles. The van der Waals surface area contributed by atoms with Gasteiger partial charge in [0.25, 0.3) is 5.91 Å². The Bertz CT molecular complexity index is 452. The van der Waals surface area contributed by atoms with Crippen molar-refractivity contribution in [2.45, 2.75) is 26.3 Å². The van der Waals surface area contributed by atoms with E-state index in [0.717, 1.165) is 13.0 Å². The Kier molecular flexibility index (Phi) is 6.23. The van der Waals surface area contributed by atoms with Crippen LogP contribution in [-0.2, 0) is 0 Å². The second-order valence-electron chi connectivity index (χ2n) is 5.67. The molecule has 20 heavy (non-hydrogen) atoms. The van der Waals surface area contributed by atoms with Gasteiger partial charge in [-0.2, -0.15) is 0 Å². The fourth-order valence-electron chi connectivity index (χ4n) is 2.08. The van der Waals surface area contributed by atoms with Gasteiger partial charge in [0.15, 0.2) is 0 Å². The first-order valence-electron chi connectivity index (χ1n) is 6.66. The molecule has 3 N–H and O–H groups in total. The molecule has 0 aliphatic carbocycles. The third-order valence-electron chi connectivity index (χ3n) is 2.78. The lowest BCUT2D eigenvalue weighted by Crippen LogP contribution is -2.42. The molecule has 1 aromatic rings. The standard InChI is InChI=1S/C14H23ClN4O/c1-9(2)5-11(8-19(3)4)18-14(20)12-6-10(16)7-17-13(12)15/h6-7,9,11H,5,8,16H2,1-4H3,(H,18,20). The molecule has 1 amide bonds. The summed E-state index contributed by atoms with van der Waals surface area (Å²) in [6, 6.07) is 1.61. The summed E-state index contributed by atoms with van der Waals surface area (Å²) in [4.78, 5) is 18.2. The zero-order valence-electron chi connectivity index (χ0n) is 12.5. The Labute approximate surface area is 125 Å². The van der Waals surface area contributed by atoms with Gasteiger partial charge in [-0.05, 0) is 32.5 Å². The highest BCUT2D eigenvalue weighted by atomic mass is 35.5. The molecule has 1 unspecified atom stereocenters. The van der Waals surface area contributed by atoms with Gasteiger partial charge < -0.3 is 16.0 Å². The third kappa shape index (κ3) is 5.35. The molecule has 1 aromatic heterocycles. The van der Waals surface area contributed by atoms with E-state index >= 15 is 0 Å². The van der Waals surface area contributed by atoms with Crippen molar-refractivity contribution in [3.63, 3.8) is 0 Å². The van der Waals surface area contributed by atoms with E-state index in [-0.39, 0.29) is 17.1 Å². The summed E-state index contributed by atoms with van der Waals surface area (Å²) in [6.45, 7) is 5.03. The number of nitrogens with two attached hydrogens (primary N) is 1. The minimum absolute atomic E-state index is 0.0648. The fourth-order valence-corrected chi connectivity index (χ4v) is 2.26. The Morgan fingerprint density at radius 2 is 2.15 bits per heavy atom. The SMILES string of the molecule is CC(C)CC(CN(C)C)NC(=O)c1cc(N)cnc1Cl. The second kappa shape index (κ2) is 7.45. The molecule has 5 nitrogen and oxygen atoms in total. The van der Waals surface area contributed by atoms with Gasteiger partial charge in [-0.15, -0.1) is 0 Å². The minimum atomic E-state index is -0.234. The van der Waals surface area contributed by atoms with Crippen LogP contribution in [0.4, 0.5) is 5.69 Å². The van der Waals surface area contributed by atoms with Crippen LogP contribution in [0, 0.1) is 5.92 Å². The van der Waals surface area contributed by atoms with Gasteiger partial charge >= 0.3 is 0 Å². The van der Waals surface area contributed by atoms with Crippen molar-refractivity contribution in [1.82, 2.24) is 15.2 Å². The molecule has 0 saturated carbocycles. The number of likely N-dealkylation sites (N-methyl/N-ethyl adjacent to an activating group) is 1. The first kappa shape index (κ1) is 16.7. The van der Waals surface area contributed by atoms with E-state index in [0.29, 0.717) is 17.2 Å². The molecular weight excluding hydrogens is 276 g/mol. The summed E-state index contributed by atoms with van der Waals surface area (Å²) < 4.78 is 0. The van der Waals surface area contributed by atoms with Crippen LogP contribution in [-0.4, -0.2) is 42.5 Å². The Hall–Kier alpha value is -1.33. The Morgan fingerprint density at radius 1 is 1.50 bits per heavy atom. The monoisotopic (exact) mass is 298 g/mol. The smallest absolute Gasteiger partial charge is 0.254 e. The maximum Gasteiger partial charge on any atom is 0.254 e. The zero-order valence-corrected chi connectivity index (χ0v) is 13.2. The number of nitrogens with one attached hydrogen (secondary N) is 1. The number of anilines is 1. The molecule has 0 aliphatic heterocycles. The normalized spacial score (nSPS) is 12.8. The molecule has 112 valence electrons. The van der Waals surface area contributed by atoms with Crippen LogP contribution < -0.4 is 11.1 Å². The maximum absolute atomic E-state index is 12.3. The van der Waals surface area contributed by atoms with E-state index in [1.807, 2.05) is 19.0 Å². The van der Waals surface area contributed by atoms with Gasteiger partial charge in [-0.25, -0.2) is 4.98 Å². The van der Waals surface area contributed by atoms with Gasteiger partial charge in [-0.1, -0.05) is 25.4 Å². The van der Waals surface area contributed by atoms with Crippen LogP contribution in [0.15, 0.2) is 12.3 Å². The molecule has 0 aliphatic rings. The molecule has 0 spiro atoms. The van der Waals surface area contributed by atoms with Crippen LogP contribution in [0.25, 0.3) is 0 Å². The molecule has 0 saturated heterocycles. The van der Waals surface area contributed by atoms with Crippen LogP contribution in [0.5, 0.6) is 0 Å². The quantitative estimate of drug-likeness (QED) is 0.788. The molecule has 0 fully saturated rings. The lowest BCUT2D eigenvalue weighted by Gasteiger charge is -2.24. The third-order valence-corrected chi connectivity index (χ3v) is 3.08. The summed E-state index contributed by atoms with van der Waals surface area (Å²) in [5.41, 5.74) is 6.39. The Morgan fingerprint density at radius 3 is 2.70 bits per heavy atom. The second-order valence-corrected chi connectivity index (χ2v) is 6.03. The van der Waals surface area contributed by atoms with Gasteiger partial charge in [0.1, 0.15) is 5.15 Å². The van der Waals surface area contributed by atoms with Crippen molar-refractivity contribution < 1.29 is 4.79 Å². The predicted octanol–water partition coefficient (Wildman–Crippen LogP) is 2.02. The van der Waals surface area contributed by atoms with Gasteiger partial charge in [0.2, 0.25) is 0 Å². The summed E-state index contributed by atoms with van der Waals surface area (Å²) in [6.07, 6.45) is 2.34. The van der Waals surface area contributed by atoms with Crippen molar-refractivity contribution >= 4 is 23.2 Å². The van der Waals surface area contributed by atoms with E-state index in [1.165, 1.54) is 6.20 Å². The average Bonchev–Trinajstić information content (AvgIpc) is 2.30. The van der Waals surface area contributed by atoms with Crippen LogP contribution in [0.2, 0.25) is 5.15 Å². The van der Waals surface area contributed by atoms with Crippen LogP contribution in [0.3, 0.4) is 0 Å². The van der Waals surface area contributed by atoms with Crippen molar-refractivity contribution in [1.29, 1.82) is 0 Å². The number of hydrogen-bond donors (Lipinski definition) is 2. The van der Waals surface area contributed by atoms with Crippen LogP contribution >= 0.6 is 11.6 Å². The highest BCUT2D eigenvalue weighted by Crippen LogP contribution is 2.16. The number of pyridine rings is 1. The first-order chi connectivity index (χ1) is 9.29. The fraction of sp³-hybridized carbons (Fsp3) is 0.571. The summed E-state index contributed by atoms with van der Waals surface area (Å²) in [5.74, 6) is 0.261. The van der Waals surface area contributed by atoms with Gasteiger partial charge in [-0.3, -0.25) is 4.79 Å². The first-order valence-corrected chi connectivity index (χ1v) is 7.04. The van der Waals surface area contributed by atoms with E-state index < -0.39 is 0 Å². The number of halogens is 1. The van der Waals surface area contributed by atoms with Gasteiger partial charge in [0, 0.05) is 12.6 Å². The number of carbonyl (C=O) groups excluding carboxylic acids is 1. The minimum Gasteiger partial charge on any atom is -0.397 e. The molecular formula is C14H23ClN4O. The maximum atomic E-state index is 12.3. The average molecular weight is 299 g/mol. The molecule has 1 rings (SSSR count). The number of nitrogens with zero attached hydrogens (tertiary/aromatic N) is 2. The van der Waals surface area contributed by atoms with E-state index in [1.54, 1.807) is 6.07 Å². The number of rotatable bonds is 6. The zero-order chi connectivity index (χ0) is 15.3. The van der Waals surface area contributed by atoms with Crippen molar-refractivity contribution in [3.8, 4) is 0 Å². The van der Waals surface area contributed by atoms with E-state index in [4.69, 9.17) is 17.3 Å².